The largest absolute Gasteiger partial charge is 0.495 e. The summed E-state index contributed by atoms with van der Waals surface area (Å²) in [5.74, 6) is 1.58. The van der Waals surface area contributed by atoms with E-state index in [2.05, 4.69) is 15.2 Å². The van der Waals surface area contributed by atoms with Crippen molar-refractivity contribution in [1.82, 2.24) is 9.97 Å². The van der Waals surface area contributed by atoms with E-state index in [4.69, 9.17) is 26.1 Å². The van der Waals surface area contributed by atoms with E-state index in [0.29, 0.717) is 32.2 Å². The molecule has 3 heterocycles. The molecule has 0 unspecified atom stereocenters. The van der Waals surface area contributed by atoms with Crippen LogP contribution in [0.5, 0.6) is 11.5 Å². The van der Waals surface area contributed by atoms with E-state index < -0.39 is 0 Å². The second kappa shape index (κ2) is 9.50. The summed E-state index contributed by atoms with van der Waals surface area (Å²) >= 11 is 9.03. The molecule has 4 rings (SSSR count). The molecule has 0 radical (unpaired) electrons. The van der Waals surface area contributed by atoms with Crippen LogP contribution in [0.15, 0.2) is 23.4 Å². The molecule has 0 spiro atoms. The molecule has 31 heavy (non-hydrogen) atoms. The number of rotatable bonds is 6. The van der Waals surface area contributed by atoms with Crippen molar-refractivity contribution in [2.75, 3.05) is 43.8 Å². The Labute approximate surface area is 194 Å². The van der Waals surface area contributed by atoms with Gasteiger partial charge in [-0.2, -0.15) is 0 Å². The summed E-state index contributed by atoms with van der Waals surface area (Å²) in [6.07, 6.45) is 5.50. The van der Waals surface area contributed by atoms with Crippen LogP contribution >= 0.6 is 34.7 Å². The van der Waals surface area contributed by atoms with Gasteiger partial charge in [-0.3, -0.25) is 4.79 Å². The lowest BCUT2D eigenvalue weighted by atomic mass is 10.1. The number of hydrogen-bond acceptors (Lipinski definition) is 8. The first-order valence-electron chi connectivity index (χ1n) is 9.87. The fraction of sp³-hybridized carbons (Fsp3) is 0.381. The second-order valence-electron chi connectivity index (χ2n) is 7.05. The van der Waals surface area contributed by atoms with Gasteiger partial charge >= 0.3 is 0 Å². The Morgan fingerprint density at radius 3 is 2.55 bits per heavy atom. The van der Waals surface area contributed by atoms with Gasteiger partial charge in [0.1, 0.15) is 22.1 Å². The number of thioether (sulfide) groups is 1. The zero-order valence-corrected chi connectivity index (χ0v) is 19.9. The van der Waals surface area contributed by atoms with Crippen molar-refractivity contribution in [2.45, 2.75) is 24.4 Å². The molecule has 1 saturated heterocycles. The van der Waals surface area contributed by atoms with Crippen LogP contribution in [0.1, 0.15) is 28.9 Å². The maximum Gasteiger partial charge on any atom is 0.265 e. The summed E-state index contributed by atoms with van der Waals surface area (Å²) in [6, 6.07) is 5.14. The summed E-state index contributed by atoms with van der Waals surface area (Å²) in [7, 11) is 3.05. The Kier molecular flexibility index (Phi) is 6.74. The zero-order chi connectivity index (χ0) is 22.0. The summed E-state index contributed by atoms with van der Waals surface area (Å²) in [6.45, 7) is 1.94. The predicted molar refractivity (Wildman–Crippen MR) is 128 cm³/mol. The third kappa shape index (κ3) is 4.53. The Morgan fingerprint density at radius 2 is 1.87 bits per heavy atom. The number of methoxy groups -OCH3 is 2. The Bertz CT molecular complexity index is 1120. The normalized spacial score (nSPS) is 14.0. The van der Waals surface area contributed by atoms with Crippen LogP contribution in [-0.2, 0) is 0 Å². The molecule has 1 fully saturated rings. The van der Waals surface area contributed by atoms with Gasteiger partial charge in [0.25, 0.3) is 5.91 Å². The summed E-state index contributed by atoms with van der Waals surface area (Å²) in [5, 5.41) is 4.94. The number of fused-ring (bicyclic) bond motifs is 1. The molecule has 1 aliphatic rings. The monoisotopic (exact) mass is 478 g/mol. The molecule has 0 atom stereocenters. The van der Waals surface area contributed by atoms with Crippen molar-refractivity contribution in [3.8, 4) is 11.5 Å². The highest BCUT2D eigenvalue weighted by molar-refractivity contribution is 7.98. The summed E-state index contributed by atoms with van der Waals surface area (Å²) in [4.78, 5) is 26.1. The smallest absolute Gasteiger partial charge is 0.265 e. The van der Waals surface area contributed by atoms with Gasteiger partial charge < -0.3 is 19.7 Å². The highest BCUT2D eigenvalue weighted by Crippen LogP contribution is 2.37. The zero-order valence-electron chi connectivity index (χ0n) is 17.5. The Balaban J connectivity index is 1.69. The number of amides is 1. The number of piperidine rings is 1. The minimum absolute atomic E-state index is 0.249. The molecule has 1 aliphatic heterocycles. The highest BCUT2D eigenvalue weighted by Gasteiger charge is 2.22. The molecule has 0 aliphatic carbocycles. The third-order valence-corrected chi connectivity index (χ3v) is 7.01. The molecular formula is C21H23ClN4O3S2. The first-order chi connectivity index (χ1) is 15.0. The molecule has 1 amide bonds. The van der Waals surface area contributed by atoms with E-state index in [1.807, 2.05) is 12.3 Å². The Morgan fingerprint density at radius 1 is 1.13 bits per heavy atom. The van der Waals surface area contributed by atoms with Crippen molar-refractivity contribution in [3.63, 3.8) is 0 Å². The van der Waals surface area contributed by atoms with Crippen molar-refractivity contribution >= 4 is 62.3 Å². The van der Waals surface area contributed by atoms with Gasteiger partial charge in [0.05, 0.1) is 35.2 Å². The van der Waals surface area contributed by atoms with Crippen molar-refractivity contribution in [2.24, 2.45) is 0 Å². The van der Waals surface area contributed by atoms with E-state index in [9.17, 15) is 4.79 Å². The minimum atomic E-state index is -0.249. The number of benzene rings is 1. The van der Waals surface area contributed by atoms with Crippen LogP contribution in [0.4, 0.5) is 11.5 Å². The number of hydrogen-bond donors (Lipinski definition) is 1. The quantitative estimate of drug-likeness (QED) is 0.379. The van der Waals surface area contributed by atoms with Crippen LogP contribution in [0.3, 0.4) is 0 Å². The van der Waals surface area contributed by atoms with Crippen LogP contribution in [0.25, 0.3) is 10.2 Å². The number of anilines is 2. The lowest BCUT2D eigenvalue weighted by molar-refractivity contribution is 0.103. The molecule has 3 aromatic rings. The van der Waals surface area contributed by atoms with Crippen LogP contribution < -0.4 is 19.7 Å². The number of carbonyl (C=O) groups is 1. The van der Waals surface area contributed by atoms with Crippen LogP contribution in [-0.4, -0.2) is 49.4 Å². The molecule has 2 aromatic heterocycles. The first kappa shape index (κ1) is 22.0. The molecule has 0 saturated carbocycles. The van der Waals surface area contributed by atoms with Crippen molar-refractivity contribution in [3.05, 3.63) is 28.1 Å². The number of nitrogens with zero attached hydrogens (tertiary/aromatic N) is 3. The lowest BCUT2D eigenvalue weighted by Crippen LogP contribution is -2.30. The van der Waals surface area contributed by atoms with E-state index in [0.717, 1.165) is 42.0 Å². The molecule has 7 nitrogen and oxygen atoms in total. The second-order valence-corrected chi connectivity index (χ2v) is 9.26. The number of aromatic nitrogens is 2. The van der Waals surface area contributed by atoms with E-state index >= 15 is 0 Å². The van der Waals surface area contributed by atoms with E-state index in [1.54, 1.807) is 12.1 Å². The first-order valence-corrected chi connectivity index (χ1v) is 12.3. The van der Waals surface area contributed by atoms with Gasteiger partial charge in [-0.15, -0.1) is 11.3 Å². The number of carbonyl (C=O) groups excluding carboxylic acids is 1. The molecule has 164 valence electrons. The van der Waals surface area contributed by atoms with Crippen molar-refractivity contribution < 1.29 is 14.3 Å². The van der Waals surface area contributed by atoms with Gasteiger partial charge in [0.2, 0.25) is 0 Å². The topological polar surface area (TPSA) is 76.6 Å². The highest BCUT2D eigenvalue weighted by atomic mass is 35.5. The SMILES string of the molecule is COc1cc(NC(=O)c2cc3c(N4CCCCC4)nc(SC)nc3s2)c(OC)cc1Cl. The lowest BCUT2D eigenvalue weighted by Gasteiger charge is -2.28. The average molecular weight is 479 g/mol. The van der Waals surface area contributed by atoms with Crippen molar-refractivity contribution in [1.29, 1.82) is 0 Å². The number of halogens is 1. The molecule has 0 bridgehead atoms. The van der Waals surface area contributed by atoms with Gasteiger partial charge in [-0.25, -0.2) is 9.97 Å². The average Bonchev–Trinajstić information content (AvgIpc) is 3.24. The number of thiophene rings is 1. The van der Waals surface area contributed by atoms with Gasteiger partial charge in [0, 0.05) is 25.2 Å². The van der Waals surface area contributed by atoms with Gasteiger partial charge in [0.15, 0.2) is 5.16 Å². The maximum atomic E-state index is 13.1. The standard InChI is InChI=1S/C21H23ClN4O3S2/c1-28-15-11-14(16(29-2)10-13(15)22)23-19(27)17-9-12-18(26-7-5-4-6-8-26)24-21(30-3)25-20(12)31-17/h9-11H,4-8H2,1-3H3,(H,23,27). The molecule has 1 aromatic carbocycles. The molecular weight excluding hydrogens is 456 g/mol. The van der Waals surface area contributed by atoms with E-state index in [-0.39, 0.29) is 5.91 Å². The Hall–Kier alpha value is -2.23. The van der Waals surface area contributed by atoms with Gasteiger partial charge in [-0.1, -0.05) is 23.4 Å². The predicted octanol–water partition coefficient (Wildman–Crippen LogP) is 5.33. The summed E-state index contributed by atoms with van der Waals surface area (Å²) < 4.78 is 10.6. The summed E-state index contributed by atoms with van der Waals surface area (Å²) in [5.41, 5.74) is 0.485. The fourth-order valence-corrected chi connectivity index (χ4v) is 5.15. The van der Waals surface area contributed by atoms with E-state index in [1.165, 1.54) is 43.7 Å². The molecule has 10 heteroatoms. The molecule has 1 N–H and O–H groups in total. The number of nitrogens with one attached hydrogen (secondary N) is 1. The van der Waals surface area contributed by atoms with Crippen LogP contribution in [0.2, 0.25) is 5.02 Å². The number of ether oxygens (including phenoxy) is 2. The van der Waals surface area contributed by atoms with Crippen LogP contribution in [0, 0.1) is 0 Å². The van der Waals surface area contributed by atoms with Gasteiger partial charge in [-0.05, 0) is 31.6 Å². The third-order valence-electron chi connectivity index (χ3n) is 5.14. The minimum Gasteiger partial charge on any atom is -0.495 e. The maximum absolute atomic E-state index is 13.1. The fourth-order valence-electron chi connectivity index (χ4n) is 3.58.